The van der Waals surface area contributed by atoms with E-state index in [1.54, 1.807) is 4.90 Å². The van der Waals surface area contributed by atoms with Crippen LogP contribution in [-0.2, 0) is 9.53 Å². The zero-order chi connectivity index (χ0) is 12.0. The molecule has 0 bridgehead atoms. The molecule has 0 aromatic heterocycles. The van der Waals surface area contributed by atoms with Gasteiger partial charge in [0.25, 0.3) is 0 Å². The molecule has 1 fully saturated rings. The molecule has 1 atom stereocenters. The van der Waals surface area contributed by atoms with E-state index in [2.05, 4.69) is 5.32 Å². The molecular formula is C11H19N3O2. The zero-order valence-corrected chi connectivity index (χ0v) is 9.90. The second-order valence-corrected chi connectivity index (χ2v) is 4.19. The van der Waals surface area contributed by atoms with Gasteiger partial charge in [0.15, 0.2) is 6.10 Å². The average Bonchev–Trinajstić information content (AvgIpc) is 2.28. The van der Waals surface area contributed by atoms with Crippen LogP contribution in [0.5, 0.6) is 0 Å². The summed E-state index contributed by atoms with van der Waals surface area (Å²) in [5.41, 5.74) is 0. The molecule has 5 nitrogen and oxygen atoms in total. The third kappa shape index (κ3) is 4.17. The first-order valence-corrected chi connectivity index (χ1v) is 5.66. The van der Waals surface area contributed by atoms with Crippen molar-refractivity contribution in [3.05, 3.63) is 0 Å². The summed E-state index contributed by atoms with van der Waals surface area (Å²) in [6.45, 7) is 6.23. The SMILES string of the molecule is CC(C)NCCC(=O)N1CCOC(C#N)C1. The van der Waals surface area contributed by atoms with Crippen molar-refractivity contribution in [1.82, 2.24) is 10.2 Å². The minimum atomic E-state index is -0.462. The highest BCUT2D eigenvalue weighted by atomic mass is 16.5. The highest BCUT2D eigenvalue weighted by Crippen LogP contribution is 2.05. The number of ether oxygens (including phenoxy) is 1. The highest BCUT2D eigenvalue weighted by molar-refractivity contribution is 5.76. The molecule has 1 unspecified atom stereocenters. The number of hydrogen-bond acceptors (Lipinski definition) is 4. The number of morpholine rings is 1. The lowest BCUT2D eigenvalue weighted by molar-refractivity contribution is -0.136. The molecule has 5 heteroatoms. The molecule has 0 radical (unpaired) electrons. The molecule has 1 N–H and O–H groups in total. The van der Waals surface area contributed by atoms with Crippen LogP contribution in [0.15, 0.2) is 0 Å². The van der Waals surface area contributed by atoms with Gasteiger partial charge in [0.2, 0.25) is 5.91 Å². The Morgan fingerprint density at radius 2 is 2.44 bits per heavy atom. The molecule has 0 aromatic carbocycles. The van der Waals surface area contributed by atoms with Crippen LogP contribution in [0.4, 0.5) is 0 Å². The van der Waals surface area contributed by atoms with Crippen LogP contribution in [0.25, 0.3) is 0 Å². The van der Waals surface area contributed by atoms with E-state index >= 15 is 0 Å². The first-order valence-electron chi connectivity index (χ1n) is 5.66. The molecule has 1 amide bonds. The molecule has 0 spiro atoms. The highest BCUT2D eigenvalue weighted by Gasteiger charge is 2.23. The largest absolute Gasteiger partial charge is 0.360 e. The fourth-order valence-corrected chi connectivity index (χ4v) is 1.58. The van der Waals surface area contributed by atoms with Crippen molar-refractivity contribution >= 4 is 5.91 Å². The van der Waals surface area contributed by atoms with E-state index < -0.39 is 6.10 Å². The Bertz CT molecular complexity index is 273. The van der Waals surface area contributed by atoms with Crippen molar-refractivity contribution in [3.63, 3.8) is 0 Å². The minimum absolute atomic E-state index is 0.0942. The molecule has 1 rings (SSSR count). The maximum absolute atomic E-state index is 11.8. The summed E-state index contributed by atoms with van der Waals surface area (Å²) in [6.07, 6.45) is 0.0202. The first-order chi connectivity index (χ1) is 7.63. The minimum Gasteiger partial charge on any atom is -0.360 e. The van der Waals surface area contributed by atoms with Crippen molar-refractivity contribution in [2.45, 2.75) is 32.4 Å². The van der Waals surface area contributed by atoms with E-state index in [1.165, 1.54) is 0 Å². The monoisotopic (exact) mass is 225 g/mol. The number of amides is 1. The van der Waals surface area contributed by atoms with Crippen LogP contribution in [0.1, 0.15) is 20.3 Å². The van der Waals surface area contributed by atoms with Crippen LogP contribution >= 0.6 is 0 Å². The Labute approximate surface area is 96.4 Å². The van der Waals surface area contributed by atoms with Crippen molar-refractivity contribution < 1.29 is 9.53 Å². The number of nitriles is 1. The van der Waals surface area contributed by atoms with Gasteiger partial charge in [-0.1, -0.05) is 13.8 Å². The lowest BCUT2D eigenvalue weighted by Gasteiger charge is -2.29. The standard InChI is InChI=1S/C11H19N3O2/c1-9(2)13-4-3-11(15)14-5-6-16-10(7-12)8-14/h9-10,13H,3-6,8H2,1-2H3. The van der Waals surface area contributed by atoms with E-state index in [9.17, 15) is 4.79 Å². The maximum atomic E-state index is 11.8. The van der Waals surface area contributed by atoms with Gasteiger partial charge in [0, 0.05) is 25.6 Å². The number of nitrogens with one attached hydrogen (secondary N) is 1. The van der Waals surface area contributed by atoms with E-state index in [4.69, 9.17) is 10.00 Å². The summed E-state index contributed by atoms with van der Waals surface area (Å²) in [4.78, 5) is 13.5. The topological polar surface area (TPSA) is 65.4 Å². The average molecular weight is 225 g/mol. The summed E-state index contributed by atoms with van der Waals surface area (Å²) >= 11 is 0. The van der Waals surface area contributed by atoms with Gasteiger partial charge in [-0.05, 0) is 0 Å². The van der Waals surface area contributed by atoms with E-state index in [-0.39, 0.29) is 5.91 Å². The first kappa shape index (κ1) is 12.9. The second kappa shape index (κ2) is 6.46. The van der Waals surface area contributed by atoms with E-state index in [1.807, 2.05) is 19.9 Å². The van der Waals surface area contributed by atoms with Crippen LogP contribution in [0, 0.1) is 11.3 Å². The zero-order valence-electron chi connectivity index (χ0n) is 9.90. The fourth-order valence-electron chi connectivity index (χ4n) is 1.58. The molecule has 1 heterocycles. The third-order valence-electron chi connectivity index (χ3n) is 2.45. The Kier molecular flexibility index (Phi) is 5.23. The molecular weight excluding hydrogens is 206 g/mol. The lowest BCUT2D eigenvalue weighted by Crippen LogP contribution is -2.45. The summed E-state index contributed by atoms with van der Waals surface area (Å²) in [5, 5.41) is 11.9. The molecule has 1 saturated heterocycles. The molecule has 0 aliphatic carbocycles. The summed E-state index contributed by atoms with van der Waals surface area (Å²) in [7, 11) is 0. The number of carbonyl (C=O) groups is 1. The molecule has 90 valence electrons. The van der Waals surface area contributed by atoms with Crippen LogP contribution in [0.3, 0.4) is 0 Å². The Morgan fingerprint density at radius 1 is 1.69 bits per heavy atom. The third-order valence-corrected chi connectivity index (χ3v) is 2.45. The number of carbonyl (C=O) groups excluding carboxylic acids is 1. The van der Waals surface area contributed by atoms with Gasteiger partial charge in [0.1, 0.15) is 0 Å². The predicted octanol–water partition coefficient (Wildman–Crippen LogP) is 0.125. The smallest absolute Gasteiger partial charge is 0.224 e. The summed E-state index contributed by atoms with van der Waals surface area (Å²) in [5.74, 6) is 0.0942. The Hall–Kier alpha value is -1.12. The van der Waals surface area contributed by atoms with Crippen molar-refractivity contribution in [1.29, 1.82) is 5.26 Å². The molecule has 16 heavy (non-hydrogen) atoms. The quantitative estimate of drug-likeness (QED) is 0.738. The normalized spacial score (nSPS) is 20.9. The Morgan fingerprint density at radius 3 is 3.06 bits per heavy atom. The molecule has 0 aromatic rings. The van der Waals surface area contributed by atoms with Gasteiger partial charge in [-0.3, -0.25) is 4.79 Å². The molecule has 0 saturated carbocycles. The van der Waals surface area contributed by atoms with Crippen molar-refractivity contribution in [2.24, 2.45) is 0 Å². The van der Waals surface area contributed by atoms with Crippen LogP contribution in [0.2, 0.25) is 0 Å². The molecule has 1 aliphatic rings. The van der Waals surface area contributed by atoms with Gasteiger partial charge in [-0.15, -0.1) is 0 Å². The maximum Gasteiger partial charge on any atom is 0.224 e. The fraction of sp³-hybridized carbons (Fsp3) is 0.818. The van der Waals surface area contributed by atoms with Gasteiger partial charge in [-0.25, -0.2) is 0 Å². The van der Waals surface area contributed by atoms with Gasteiger partial charge >= 0.3 is 0 Å². The predicted molar refractivity (Wildman–Crippen MR) is 59.7 cm³/mol. The molecule has 1 aliphatic heterocycles. The van der Waals surface area contributed by atoms with Crippen molar-refractivity contribution in [2.75, 3.05) is 26.2 Å². The van der Waals surface area contributed by atoms with Crippen LogP contribution < -0.4 is 5.32 Å². The van der Waals surface area contributed by atoms with Crippen molar-refractivity contribution in [3.8, 4) is 6.07 Å². The van der Waals surface area contributed by atoms with Gasteiger partial charge < -0.3 is 15.0 Å². The number of hydrogen-bond donors (Lipinski definition) is 1. The number of nitrogens with zero attached hydrogens (tertiary/aromatic N) is 2. The van der Waals surface area contributed by atoms with E-state index in [0.717, 1.165) is 0 Å². The second-order valence-electron chi connectivity index (χ2n) is 4.19. The lowest BCUT2D eigenvalue weighted by atomic mass is 10.2. The summed E-state index contributed by atoms with van der Waals surface area (Å²) in [6, 6.07) is 2.42. The van der Waals surface area contributed by atoms with Crippen LogP contribution in [-0.4, -0.2) is 49.2 Å². The number of rotatable bonds is 4. The Balaban J connectivity index is 2.28. The van der Waals surface area contributed by atoms with Gasteiger partial charge in [0.05, 0.1) is 19.2 Å². The summed E-state index contributed by atoms with van der Waals surface area (Å²) < 4.78 is 5.18. The van der Waals surface area contributed by atoms with E-state index in [0.29, 0.717) is 38.7 Å². The van der Waals surface area contributed by atoms with Gasteiger partial charge in [-0.2, -0.15) is 5.26 Å².